The van der Waals surface area contributed by atoms with Crippen molar-refractivity contribution in [1.29, 1.82) is 0 Å². The molecule has 22 heavy (non-hydrogen) atoms. The highest BCUT2D eigenvalue weighted by Gasteiger charge is 2.38. The van der Waals surface area contributed by atoms with Crippen molar-refractivity contribution < 1.29 is 31.1 Å². The molecular formula is C13H6F6INO. The quantitative estimate of drug-likeness (QED) is 0.476. The molecular weight excluding hydrogens is 427 g/mol. The standard InChI is InChI=1S/C13H6F6INO/c14-12(15,16)10-8(20)5-6-21-11(10)7-3-1-2-4-9(7)22-13(17,18)19/h1-6H. The smallest absolute Gasteiger partial charge is 0.405 e. The molecule has 1 heterocycles. The van der Waals surface area contributed by atoms with Crippen molar-refractivity contribution in [3.05, 3.63) is 45.7 Å². The minimum Gasteiger partial charge on any atom is -0.405 e. The van der Waals surface area contributed by atoms with Gasteiger partial charge in [0.15, 0.2) is 0 Å². The van der Waals surface area contributed by atoms with Crippen molar-refractivity contribution in [2.75, 3.05) is 0 Å². The molecule has 9 heteroatoms. The van der Waals surface area contributed by atoms with E-state index in [9.17, 15) is 26.3 Å². The molecule has 2 aromatic rings. The van der Waals surface area contributed by atoms with Crippen molar-refractivity contribution in [2.24, 2.45) is 0 Å². The first-order valence-corrected chi connectivity index (χ1v) is 6.74. The summed E-state index contributed by atoms with van der Waals surface area (Å²) in [5, 5.41) is 0. The van der Waals surface area contributed by atoms with Gasteiger partial charge in [-0.2, -0.15) is 13.2 Å². The van der Waals surface area contributed by atoms with E-state index < -0.39 is 29.5 Å². The fourth-order valence-corrected chi connectivity index (χ4v) is 2.51. The van der Waals surface area contributed by atoms with Gasteiger partial charge >= 0.3 is 12.5 Å². The third-order valence-corrected chi connectivity index (χ3v) is 3.45. The Morgan fingerprint density at radius 2 is 1.59 bits per heavy atom. The third kappa shape index (κ3) is 3.81. The highest BCUT2D eigenvalue weighted by molar-refractivity contribution is 14.1. The summed E-state index contributed by atoms with van der Waals surface area (Å²) in [5.74, 6) is -0.741. The maximum Gasteiger partial charge on any atom is 0.573 e. The summed E-state index contributed by atoms with van der Waals surface area (Å²) in [6.07, 6.45) is -8.68. The number of alkyl halides is 6. The molecule has 0 amide bonds. The second-order valence-electron chi connectivity index (χ2n) is 4.06. The molecule has 0 aliphatic carbocycles. The van der Waals surface area contributed by atoms with Crippen LogP contribution in [0.15, 0.2) is 36.5 Å². The van der Waals surface area contributed by atoms with E-state index in [2.05, 4.69) is 9.72 Å². The van der Waals surface area contributed by atoms with E-state index in [1.54, 1.807) is 0 Å². The molecule has 2 nitrogen and oxygen atoms in total. The summed E-state index contributed by atoms with van der Waals surface area (Å²) in [6, 6.07) is 5.69. The van der Waals surface area contributed by atoms with E-state index in [0.717, 1.165) is 24.4 Å². The minimum atomic E-state index is -5.02. The Bertz CT molecular complexity index is 683. The second kappa shape index (κ2) is 5.94. The number of aromatic nitrogens is 1. The van der Waals surface area contributed by atoms with E-state index in [1.807, 2.05) is 0 Å². The van der Waals surface area contributed by atoms with Gasteiger partial charge in [0, 0.05) is 15.3 Å². The number of ether oxygens (including phenoxy) is 1. The molecule has 118 valence electrons. The minimum absolute atomic E-state index is 0.170. The average Bonchev–Trinajstić information content (AvgIpc) is 2.35. The van der Waals surface area contributed by atoms with Crippen LogP contribution >= 0.6 is 22.6 Å². The van der Waals surface area contributed by atoms with Gasteiger partial charge in [-0.1, -0.05) is 12.1 Å². The lowest BCUT2D eigenvalue weighted by molar-refractivity contribution is -0.274. The summed E-state index contributed by atoms with van der Waals surface area (Å²) in [4.78, 5) is 3.59. The predicted octanol–water partition coefficient (Wildman–Crippen LogP) is 5.27. The van der Waals surface area contributed by atoms with Crippen molar-refractivity contribution in [2.45, 2.75) is 12.5 Å². The van der Waals surface area contributed by atoms with E-state index in [-0.39, 0.29) is 9.13 Å². The third-order valence-electron chi connectivity index (χ3n) is 2.55. The molecule has 0 atom stereocenters. The number of hydrogen-bond donors (Lipinski definition) is 0. The van der Waals surface area contributed by atoms with Crippen molar-refractivity contribution in [1.82, 2.24) is 4.98 Å². The number of benzene rings is 1. The molecule has 1 aromatic carbocycles. The fraction of sp³-hybridized carbons (Fsp3) is 0.154. The van der Waals surface area contributed by atoms with Crippen LogP contribution in [-0.2, 0) is 6.18 Å². The van der Waals surface area contributed by atoms with Crippen LogP contribution < -0.4 is 4.74 Å². The molecule has 0 saturated carbocycles. The predicted molar refractivity (Wildman–Crippen MR) is 74.1 cm³/mol. The zero-order valence-electron chi connectivity index (χ0n) is 10.5. The molecule has 2 rings (SSSR count). The van der Waals surface area contributed by atoms with Crippen LogP contribution in [0.1, 0.15) is 5.56 Å². The highest BCUT2D eigenvalue weighted by Crippen LogP contribution is 2.42. The van der Waals surface area contributed by atoms with Crippen molar-refractivity contribution >= 4 is 22.6 Å². The first kappa shape index (κ1) is 16.8. The molecule has 0 radical (unpaired) electrons. The number of pyridine rings is 1. The van der Waals surface area contributed by atoms with Gasteiger partial charge < -0.3 is 4.74 Å². The van der Waals surface area contributed by atoms with Crippen molar-refractivity contribution in [3.63, 3.8) is 0 Å². The van der Waals surface area contributed by atoms with Crippen molar-refractivity contribution in [3.8, 4) is 17.0 Å². The Balaban J connectivity index is 2.66. The lowest BCUT2D eigenvalue weighted by Gasteiger charge is -2.17. The molecule has 0 saturated heterocycles. The Morgan fingerprint density at radius 3 is 2.18 bits per heavy atom. The lowest BCUT2D eigenvalue weighted by Crippen LogP contribution is -2.18. The number of halogens is 7. The lowest BCUT2D eigenvalue weighted by atomic mass is 10.0. The number of rotatable bonds is 2. The molecule has 0 unspecified atom stereocenters. The van der Waals surface area contributed by atoms with Gasteiger partial charge in [0.25, 0.3) is 0 Å². The Kier molecular flexibility index (Phi) is 4.54. The van der Waals surface area contributed by atoms with Crippen LogP contribution in [0.3, 0.4) is 0 Å². The van der Waals surface area contributed by atoms with Crippen LogP contribution in [0, 0.1) is 3.57 Å². The Labute approximate surface area is 134 Å². The van der Waals surface area contributed by atoms with Gasteiger partial charge in [0.1, 0.15) is 5.75 Å². The van der Waals surface area contributed by atoms with Gasteiger partial charge in [-0.15, -0.1) is 13.2 Å². The number of hydrogen-bond acceptors (Lipinski definition) is 2. The molecule has 0 fully saturated rings. The maximum atomic E-state index is 13.2. The largest absolute Gasteiger partial charge is 0.573 e. The summed E-state index contributed by atoms with van der Waals surface area (Å²) < 4.78 is 80.2. The first-order valence-electron chi connectivity index (χ1n) is 5.66. The normalized spacial score (nSPS) is 12.3. The number of para-hydroxylation sites is 1. The molecule has 0 aliphatic heterocycles. The first-order chi connectivity index (χ1) is 10.1. The van der Waals surface area contributed by atoms with Gasteiger partial charge in [-0.05, 0) is 40.8 Å². The fourth-order valence-electron chi connectivity index (χ4n) is 1.79. The molecule has 0 N–H and O–H groups in total. The monoisotopic (exact) mass is 433 g/mol. The number of nitrogens with zero attached hydrogens (tertiary/aromatic N) is 1. The molecule has 0 aliphatic rings. The second-order valence-corrected chi connectivity index (χ2v) is 5.22. The molecule has 1 aromatic heterocycles. The zero-order valence-corrected chi connectivity index (χ0v) is 12.6. The van der Waals surface area contributed by atoms with E-state index in [1.165, 1.54) is 34.7 Å². The Hall–Kier alpha value is -1.52. The highest BCUT2D eigenvalue weighted by atomic mass is 127. The van der Waals surface area contributed by atoms with E-state index >= 15 is 0 Å². The van der Waals surface area contributed by atoms with E-state index in [4.69, 9.17) is 0 Å². The van der Waals surface area contributed by atoms with Gasteiger partial charge in [-0.25, -0.2) is 0 Å². The van der Waals surface area contributed by atoms with Crippen LogP contribution in [0.2, 0.25) is 0 Å². The van der Waals surface area contributed by atoms with E-state index in [0.29, 0.717) is 0 Å². The van der Waals surface area contributed by atoms with Gasteiger partial charge in [0.2, 0.25) is 0 Å². The summed E-state index contributed by atoms with van der Waals surface area (Å²) in [7, 11) is 0. The van der Waals surface area contributed by atoms with Crippen LogP contribution in [0.5, 0.6) is 5.75 Å². The van der Waals surface area contributed by atoms with Gasteiger partial charge in [0.05, 0.1) is 11.3 Å². The van der Waals surface area contributed by atoms with Crippen LogP contribution in [0.25, 0.3) is 11.3 Å². The zero-order chi connectivity index (χ0) is 16.5. The Morgan fingerprint density at radius 1 is 0.955 bits per heavy atom. The SMILES string of the molecule is FC(F)(F)Oc1ccccc1-c1nccc(I)c1C(F)(F)F. The molecule has 0 bridgehead atoms. The summed E-state index contributed by atoms with van der Waals surface area (Å²) in [6.45, 7) is 0. The summed E-state index contributed by atoms with van der Waals surface area (Å²) in [5.41, 5.74) is -2.10. The van der Waals surface area contributed by atoms with Gasteiger partial charge in [-0.3, -0.25) is 4.98 Å². The maximum absolute atomic E-state index is 13.2. The average molecular weight is 433 g/mol. The summed E-state index contributed by atoms with van der Waals surface area (Å²) >= 11 is 1.45. The molecule has 0 spiro atoms. The van der Waals surface area contributed by atoms with Crippen LogP contribution in [-0.4, -0.2) is 11.3 Å². The van der Waals surface area contributed by atoms with Crippen LogP contribution in [0.4, 0.5) is 26.3 Å². The topological polar surface area (TPSA) is 22.1 Å².